The number of nitrogens with one attached hydrogen (secondary N) is 2. The molecule has 1 aromatic carbocycles. The molecule has 1 atom stereocenters. The molecule has 5 rings (SSSR count). The van der Waals surface area contributed by atoms with Gasteiger partial charge in [0.05, 0.1) is 18.1 Å². The molecular weight excluding hydrogens is 459 g/mol. The smallest absolute Gasteiger partial charge is 0.341 e. The molecule has 1 fully saturated rings. The van der Waals surface area contributed by atoms with Crippen LogP contribution in [0.4, 0.5) is 13.2 Å². The Morgan fingerprint density at radius 1 is 1.11 bits per heavy atom. The fourth-order valence-electron chi connectivity index (χ4n) is 4.39. The first-order valence-corrected chi connectivity index (χ1v) is 11.5. The van der Waals surface area contributed by atoms with Crippen LogP contribution in [-0.4, -0.2) is 69.9 Å². The van der Waals surface area contributed by atoms with Gasteiger partial charge in [0, 0.05) is 36.1 Å². The van der Waals surface area contributed by atoms with Gasteiger partial charge in [-0.3, -0.25) is 24.8 Å². The van der Waals surface area contributed by atoms with Crippen molar-refractivity contribution in [2.45, 2.75) is 38.0 Å². The molecule has 4 heterocycles. The number of aromatic amines is 1. The van der Waals surface area contributed by atoms with Crippen molar-refractivity contribution in [3.63, 3.8) is 0 Å². The second-order valence-corrected chi connectivity index (χ2v) is 8.77. The molecule has 3 aromatic rings. The van der Waals surface area contributed by atoms with Gasteiger partial charge < -0.3 is 5.32 Å². The number of aromatic nitrogens is 3. The highest BCUT2D eigenvalue weighted by molar-refractivity contribution is 6.07. The standard InChI is InChI=1S/C24H24F3N7O/c25-24(26,27)23-29-12-18(13-30-23)31-22(35)21-19-9-16(4-5-20(19)32-33-21)17-8-15(10-28-11-17)14-34-6-2-1-3-7-34/h4-5,8-12,18H,1-3,6-7,13-14H2,(H,31,35)(H,32,33). The quantitative estimate of drug-likeness (QED) is 0.578. The van der Waals surface area contributed by atoms with Crippen molar-refractivity contribution in [2.24, 2.45) is 9.98 Å². The van der Waals surface area contributed by atoms with E-state index in [4.69, 9.17) is 0 Å². The van der Waals surface area contributed by atoms with Crippen LogP contribution in [0.3, 0.4) is 0 Å². The largest absolute Gasteiger partial charge is 0.451 e. The van der Waals surface area contributed by atoms with Gasteiger partial charge in [-0.1, -0.05) is 12.5 Å². The Balaban J connectivity index is 1.33. The molecule has 2 aromatic heterocycles. The number of halogens is 3. The van der Waals surface area contributed by atoms with Crippen molar-refractivity contribution in [3.8, 4) is 11.1 Å². The van der Waals surface area contributed by atoms with Gasteiger partial charge >= 0.3 is 6.18 Å². The number of piperidine rings is 1. The molecule has 8 nitrogen and oxygen atoms in total. The highest BCUT2D eigenvalue weighted by atomic mass is 19.4. The lowest BCUT2D eigenvalue weighted by Gasteiger charge is -2.26. The number of aliphatic imine (C=N–C) groups is 2. The Morgan fingerprint density at radius 3 is 2.69 bits per heavy atom. The zero-order chi connectivity index (χ0) is 24.4. The van der Waals surface area contributed by atoms with E-state index in [1.807, 2.05) is 24.4 Å². The van der Waals surface area contributed by atoms with E-state index in [9.17, 15) is 18.0 Å². The van der Waals surface area contributed by atoms with Crippen LogP contribution in [-0.2, 0) is 6.54 Å². The number of likely N-dealkylation sites (tertiary alicyclic amines) is 1. The molecule has 1 saturated heterocycles. The maximum Gasteiger partial charge on any atom is 0.451 e. The Morgan fingerprint density at radius 2 is 1.94 bits per heavy atom. The fourth-order valence-corrected chi connectivity index (χ4v) is 4.39. The summed E-state index contributed by atoms with van der Waals surface area (Å²) in [7, 11) is 0. The van der Waals surface area contributed by atoms with E-state index in [0.29, 0.717) is 10.9 Å². The number of alkyl halides is 3. The number of hydrogen-bond acceptors (Lipinski definition) is 6. The van der Waals surface area contributed by atoms with E-state index >= 15 is 0 Å². The van der Waals surface area contributed by atoms with Crippen molar-refractivity contribution in [2.75, 3.05) is 19.6 Å². The van der Waals surface area contributed by atoms with Gasteiger partial charge in [-0.25, -0.2) is 4.99 Å². The summed E-state index contributed by atoms with van der Waals surface area (Å²) in [5, 5.41) is 10.2. The molecule has 35 heavy (non-hydrogen) atoms. The van der Waals surface area contributed by atoms with Crippen molar-refractivity contribution in [1.82, 2.24) is 25.4 Å². The minimum atomic E-state index is -4.61. The lowest BCUT2D eigenvalue weighted by molar-refractivity contribution is -0.0600. The molecule has 11 heteroatoms. The maximum absolute atomic E-state index is 12.8. The van der Waals surface area contributed by atoms with Crippen molar-refractivity contribution in [1.29, 1.82) is 0 Å². The molecule has 0 spiro atoms. The maximum atomic E-state index is 12.8. The van der Waals surface area contributed by atoms with Gasteiger partial charge in [0.25, 0.3) is 5.91 Å². The lowest BCUT2D eigenvalue weighted by Crippen LogP contribution is -2.41. The Bertz CT molecular complexity index is 1290. The first-order valence-electron chi connectivity index (χ1n) is 11.5. The van der Waals surface area contributed by atoms with E-state index in [1.165, 1.54) is 19.3 Å². The number of benzene rings is 1. The van der Waals surface area contributed by atoms with Gasteiger partial charge in [0.2, 0.25) is 5.84 Å². The van der Waals surface area contributed by atoms with Crippen LogP contribution in [0.15, 0.2) is 46.6 Å². The minimum absolute atomic E-state index is 0.151. The number of rotatable bonds is 5. The molecule has 2 N–H and O–H groups in total. The van der Waals surface area contributed by atoms with Gasteiger partial charge in [-0.2, -0.15) is 18.3 Å². The predicted molar refractivity (Wildman–Crippen MR) is 127 cm³/mol. The number of amides is 1. The average Bonchev–Trinajstić information content (AvgIpc) is 3.28. The molecule has 0 radical (unpaired) electrons. The first kappa shape index (κ1) is 23.2. The summed E-state index contributed by atoms with van der Waals surface area (Å²) in [6, 6.07) is 7.00. The third-order valence-electron chi connectivity index (χ3n) is 6.15. The zero-order valence-corrected chi connectivity index (χ0v) is 18.8. The molecule has 1 amide bonds. The lowest BCUT2D eigenvalue weighted by atomic mass is 10.0. The summed E-state index contributed by atoms with van der Waals surface area (Å²) in [5.74, 6) is -1.72. The number of pyridine rings is 1. The van der Waals surface area contributed by atoms with E-state index in [1.54, 1.807) is 6.20 Å². The molecule has 2 aliphatic heterocycles. The molecule has 1 unspecified atom stereocenters. The molecule has 0 saturated carbocycles. The summed E-state index contributed by atoms with van der Waals surface area (Å²) in [5.41, 5.74) is 3.77. The Hall–Kier alpha value is -3.60. The van der Waals surface area contributed by atoms with Gasteiger partial charge in [-0.15, -0.1) is 0 Å². The summed E-state index contributed by atoms with van der Waals surface area (Å²) in [6.07, 6.45) is 3.83. The van der Waals surface area contributed by atoms with Crippen molar-refractivity contribution >= 4 is 28.9 Å². The second kappa shape index (κ2) is 9.57. The monoisotopic (exact) mass is 483 g/mol. The average molecular weight is 483 g/mol. The highest BCUT2D eigenvalue weighted by Gasteiger charge is 2.37. The van der Waals surface area contributed by atoms with Crippen LogP contribution < -0.4 is 5.32 Å². The van der Waals surface area contributed by atoms with Crippen LogP contribution in [0.25, 0.3) is 22.0 Å². The van der Waals surface area contributed by atoms with Crippen LogP contribution in [0.5, 0.6) is 0 Å². The Kier molecular flexibility index (Phi) is 6.33. The molecule has 2 aliphatic rings. The second-order valence-electron chi connectivity index (χ2n) is 8.77. The van der Waals surface area contributed by atoms with E-state index in [0.717, 1.165) is 42.5 Å². The van der Waals surface area contributed by atoms with Crippen molar-refractivity contribution < 1.29 is 18.0 Å². The van der Waals surface area contributed by atoms with Gasteiger partial charge in [0.15, 0.2) is 5.69 Å². The van der Waals surface area contributed by atoms with Gasteiger partial charge in [-0.05, 0) is 55.3 Å². The molecule has 182 valence electrons. The van der Waals surface area contributed by atoms with Crippen LogP contribution in [0, 0.1) is 0 Å². The Labute approximate surface area is 199 Å². The van der Waals surface area contributed by atoms with Crippen LogP contribution >= 0.6 is 0 Å². The molecule has 0 aliphatic carbocycles. The van der Waals surface area contributed by atoms with Crippen molar-refractivity contribution in [3.05, 3.63) is 47.9 Å². The summed E-state index contributed by atoms with van der Waals surface area (Å²) in [4.78, 5) is 26.4. The topological polar surface area (TPSA) is 98.6 Å². The predicted octanol–water partition coefficient (Wildman–Crippen LogP) is 3.75. The van der Waals surface area contributed by atoms with Crippen LogP contribution in [0.1, 0.15) is 35.3 Å². The fraction of sp³-hybridized carbons (Fsp3) is 0.375. The number of carbonyl (C=O) groups excluding carboxylic acids is 1. The summed E-state index contributed by atoms with van der Waals surface area (Å²) >= 11 is 0. The number of carbonyl (C=O) groups is 1. The highest BCUT2D eigenvalue weighted by Crippen LogP contribution is 2.26. The summed E-state index contributed by atoms with van der Waals surface area (Å²) in [6.45, 7) is 2.80. The number of H-pyrrole nitrogens is 1. The SMILES string of the molecule is O=C(NC1C=NC(C(F)(F)F)=NC1)c1n[nH]c2ccc(-c3cncc(CN4CCCCC4)c3)cc12. The summed E-state index contributed by atoms with van der Waals surface area (Å²) < 4.78 is 38.1. The number of fused-ring (bicyclic) bond motifs is 1. The van der Waals surface area contributed by atoms with Crippen LogP contribution in [0.2, 0.25) is 0 Å². The normalized spacial score (nSPS) is 19.1. The zero-order valence-electron chi connectivity index (χ0n) is 18.8. The number of hydrogen-bond donors (Lipinski definition) is 2. The minimum Gasteiger partial charge on any atom is -0.341 e. The van der Waals surface area contributed by atoms with E-state index in [-0.39, 0.29) is 12.2 Å². The third kappa shape index (κ3) is 5.24. The third-order valence-corrected chi connectivity index (χ3v) is 6.15. The first-order chi connectivity index (χ1) is 16.9. The molecular formula is C24H24F3N7O. The number of amidine groups is 1. The van der Waals surface area contributed by atoms with Gasteiger partial charge in [0.1, 0.15) is 0 Å². The van der Waals surface area contributed by atoms with E-state index in [2.05, 4.69) is 41.4 Å². The number of nitrogens with zero attached hydrogens (tertiary/aromatic N) is 5. The van der Waals surface area contributed by atoms with E-state index < -0.39 is 24.0 Å². The molecule has 0 bridgehead atoms.